The summed E-state index contributed by atoms with van der Waals surface area (Å²) < 4.78 is 2.40. The van der Waals surface area contributed by atoms with E-state index in [1.165, 1.54) is 76.4 Å². The molecule has 2 aromatic heterocycles. The van der Waals surface area contributed by atoms with Gasteiger partial charge in [0, 0.05) is 33.8 Å². The van der Waals surface area contributed by atoms with Gasteiger partial charge in [-0.3, -0.25) is 4.98 Å². The molecule has 0 spiro atoms. The van der Waals surface area contributed by atoms with Crippen LogP contribution in [0, 0.1) is 0 Å². The van der Waals surface area contributed by atoms with Gasteiger partial charge < -0.3 is 4.57 Å². The van der Waals surface area contributed by atoms with Crippen molar-refractivity contribution in [2.75, 3.05) is 0 Å². The van der Waals surface area contributed by atoms with Gasteiger partial charge in [-0.15, -0.1) is 0 Å². The van der Waals surface area contributed by atoms with Crippen LogP contribution in [0.2, 0.25) is 0 Å². The lowest BCUT2D eigenvalue weighted by atomic mass is 9.87. The Kier molecular flexibility index (Phi) is 7.21. The molecule has 0 saturated carbocycles. The van der Waals surface area contributed by atoms with Gasteiger partial charge in [0.2, 0.25) is 0 Å². The molecule has 0 aliphatic heterocycles. The van der Waals surface area contributed by atoms with E-state index >= 15 is 0 Å². The van der Waals surface area contributed by atoms with Gasteiger partial charge in [-0.2, -0.15) is 0 Å². The van der Waals surface area contributed by atoms with E-state index in [1.807, 2.05) is 6.20 Å². The van der Waals surface area contributed by atoms with Crippen molar-refractivity contribution in [2.45, 2.75) is 0 Å². The van der Waals surface area contributed by atoms with Crippen LogP contribution in [-0.4, -0.2) is 9.55 Å². The predicted octanol–water partition coefficient (Wildman–Crippen LogP) is 14.3. The van der Waals surface area contributed by atoms with Gasteiger partial charge in [-0.05, 0) is 96.5 Å². The minimum absolute atomic E-state index is 0.966. The van der Waals surface area contributed by atoms with Gasteiger partial charge in [0.05, 0.1) is 16.7 Å². The van der Waals surface area contributed by atoms with Gasteiger partial charge in [0.15, 0.2) is 0 Å². The highest BCUT2D eigenvalue weighted by molar-refractivity contribution is 6.21. The lowest BCUT2D eigenvalue weighted by molar-refractivity contribution is 1.18. The van der Waals surface area contributed by atoms with Crippen molar-refractivity contribution >= 4 is 54.1 Å². The van der Waals surface area contributed by atoms with Crippen molar-refractivity contribution in [3.8, 4) is 50.3 Å². The van der Waals surface area contributed by atoms with Crippen LogP contribution >= 0.6 is 0 Å². The Labute approximate surface area is 319 Å². The molecule has 0 radical (unpaired) electrons. The minimum Gasteiger partial charge on any atom is -0.309 e. The molecule has 0 saturated heterocycles. The molecule has 0 unspecified atom stereocenters. The van der Waals surface area contributed by atoms with Crippen LogP contribution in [0.25, 0.3) is 104 Å². The highest BCUT2D eigenvalue weighted by atomic mass is 15.0. The summed E-state index contributed by atoms with van der Waals surface area (Å²) in [5.41, 5.74) is 12.8. The first kappa shape index (κ1) is 31.3. The van der Waals surface area contributed by atoms with Crippen molar-refractivity contribution in [1.82, 2.24) is 9.55 Å². The van der Waals surface area contributed by atoms with Gasteiger partial charge >= 0.3 is 0 Å². The molecule has 0 aliphatic rings. The molecule has 11 rings (SSSR count). The van der Waals surface area contributed by atoms with Crippen LogP contribution in [-0.2, 0) is 0 Å². The van der Waals surface area contributed by atoms with E-state index in [0.29, 0.717) is 0 Å². The van der Waals surface area contributed by atoms with Crippen LogP contribution < -0.4 is 0 Å². The first-order valence-corrected chi connectivity index (χ1v) is 18.9. The third-order valence-corrected chi connectivity index (χ3v) is 11.2. The summed E-state index contributed by atoms with van der Waals surface area (Å²) in [6, 6.07) is 72.4. The third kappa shape index (κ3) is 5.15. The number of nitrogens with zero attached hydrogens (tertiary/aromatic N) is 2. The first-order valence-electron chi connectivity index (χ1n) is 18.9. The van der Waals surface area contributed by atoms with Crippen LogP contribution in [0.1, 0.15) is 0 Å². The molecule has 2 heterocycles. The lowest BCUT2D eigenvalue weighted by Gasteiger charge is -2.17. The fourth-order valence-corrected chi connectivity index (χ4v) is 8.63. The van der Waals surface area contributed by atoms with E-state index in [4.69, 9.17) is 4.98 Å². The third-order valence-electron chi connectivity index (χ3n) is 11.2. The summed E-state index contributed by atoms with van der Waals surface area (Å²) in [7, 11) is 0. The maximum Gasteiger partial charge on any atom is 0.0714 e. The quantitative estimate of drug-likeness (QED) is 0.164. The fourth-order valence-electron chi connectivity index (χ4n) is 8.63. The smallest absolute Gasteiger partial charge is 0.0714 e. The summed E-state index contributed by atoms with van der Waals surface area (Å²) >= 11 is 0. The number of pyridine rings is 1. The zero-order valence-electron chi connectivity index (χ0n) is 30.0. The zero-order chi connectivity index (χ0) is 36.3. The van der Waals surface area contributed by atoms with Gasteiger partial charge in [-0.1, -0.05) is 164 Å². The first-order chi connectivity index (χ1) is 27.3. The summed E-state index contributed by atoms with van der Waals surface area (Å²) in [6.45, 7) is 0. The monoisotopic (exact) mass is 698 g/mol. The minimum atomic E-state index is 0.966. The second kappa shape index (κ2) is 12.7. The van der Waals surface area contributed by atoms with E-state index < -0.39 is 0 Å². The van der Waals surface area contributed by atoms with Gasteiger partial charge in [0.1, 0.15) is 0 Å². The molecule has 2 nitrogen and oxygen atoms in total. The summed E-state index contributed by atoms with van der Waals surface area (Å²) in [5.74, 6) is 0. The average molecular weight is 699 g/mol. The summed E-state index contributed by atoms with van der Waals surface area (Å²) in [4.78, 5) is 5.21. The second-order valence-electron chi connectivity index (χ2n) is 14.3. The number of fused-ring (bicyclic) bond motifs is 6. The highest BCUT2D eigenvalue weighted by Crippen LogP contribution is 2.44. The molecular weight excluding hydrogens is 665 g/mol. The molecule has 0 amide bonds. The van der Waals surface area contributed by atoms with Crippen molar-refractivity contribution in [3.63, 3.8) is 0 Å². The van der Waals surface area contributed by atoms with Crippen LogP contribution in [0.5, 0.6) is 0 Å². The molecule has 0 bridgehead atoms. The Morgan fingerprint density at radius 2 is 0.818 bits per heavy atom. The summed E-state index contributed by atoms with van der Waals surface area (Å²) in [5, 5.41) is 9.83. The summed E-state index contributed by atoms with van der Waals surface area (Å²) in [6.07, 6.45) is 2.04. The normalized spacial score (nSPS) is 11.6. The van der Waals surface area contributed by atoms with E-state index in [-0.39, 0.29) is 0 Å². The second-order valence-corrected chi connectivity index (χ2v) is 14.3. The Balaban J connectivity index is 1.04. The highest BCUT2D eigenvalue weighted by Gasteiger charge is 2.18. The molecule has 9 aromatic carbocycles. The van der Waals surface area contributed by atoms with Crippen LogP contribution in [0.3, 0.4) is 0 Å². The average Bonchev–Trinajstić information content (AvgIpc) is 3.57. The standard InChI is InChI=1S/C53H34N2/c1-3-13-35(14-4-1)36-23-25-37(26-24-36)52-44-19-9-11-21-46(44)53(47-22-12-10-20-45(47)52)49-30-28-41(34-54-49)40-27-29-43-48-31-38-15-7-8-16-39(38)32-51(48)55(50(43)33-40)42-17-5-2-6-18-42/h1-34H. The van der Waals surface area contributed by atoms with Crippen molar-refractivity contribution in [2.24, 2.45) is 0 Å². The number of aromatic nitrogens is 2. The molecule has 0 N–H and O–H groups in total. The van der Waals surface area contributed by atoms with Crippen molar-refractivity contribution in [1.29, 1.82) is 0 Å². The Bertz CT molecular complexity index is 3160. The number of hydrogen-bond donors (Lipinski definition) is 0. The van der Waals surface area contributed by atoms with E-state index in [0.717, 1.165) is 28.1 Å². The Morgan fingerprint density at radius 1 is 0.309 bits per heavy atom. The zero-order valence-corrected chi connectivity index (χ0v) is 30.0. The molecule has 0 fully saturated rings. The predicted molar refractivity (Wildman–Crippen MR) is 233 cm³/mol. The number of hydrogen-bond acceptors (Lipinski definition) is 1. The molecule has 55 heavy (non-hydrogen) atoms. The SMILES string of the molecule is c1ccc(-c2ccc(-c3c4ccccc4c(-c4ccc(-c5ccc6c7cc8ccccc8cc7n(-c7ccccc7)c6c5)cn4)c4ccccc34)cc2)cc1. The Hall–Kier alpha value is -7.29. The molecular formula is C53H34N2. The van der Waals surface area contributed by atoms with E-state index in [1.54, 1.807) is 0 Å². The maximum absolute atomic E-state index is 5.21. The van der Waals surface area contributed by atoms with Gasteiger partial charge in [-0.25, -0.2) is 0 Å². The fraction of sp³-hybridized carbons (Fsp3) is 0. The Morgan fingerprint density at radius 3 is 1.47 bits per heavy atom. The molecule has 0 atom stereocenters. The van der Waals surface area contributed by atoms with E-state index in [2.05, 4.69) is 205 Å². The van der Waals surface area contributed by atoms with Crippen LogP contribution in [0.4, 0.5) is 0 Å². The van der Waals surface area contributed by atoms with Crippen molar-refractivity contribution in [3.05, 3.63) is 206 Å². The lowest BCUT2D eigenvalue weighted by Crippen LogP contribution is -1.94. The molecule has 0 aliphatic carbocycles. The number of benzene rings is 9. The maximum atomic E-state index is 5.21. The van der Waals surface area contributed by atoms with E-state index in [9.17, 15) is 0 Å². The van der Waals surface area contributed by atoms with Crippen molar-refractivity contribution < 1.29 is 0 Å². The largest absolute Gasteiger partial charge is 0.309 e. The van der Waals surface area contributed by atoms with Crippen LogP contribution in [0.15, 0.2) is 206 Å². The molecule has 256 valence electrons. The topological polar surface area (TPSA) is 17.8 Å². The number of para-hydroxylation sites is 1. The number of rotatable bonds is 5. The van der Waals surface area contributed by atoms with Gasteiger partial charge in [0.25, 0.3) is 0 Å². The molecule has 2 heteroatoms. The molecule has 11 aromatic rings.